The van der Waals surface area contributed by atoms with Gasteiger partial charge in [-0.3, -0.25) is 14.4 Å². The van der Waals surface area contributed by atoms with E-state index in [1.54, 1.807) is 33.5 Å². The first kappa shape index (κ1) is 28.9. The van der Waals surface area contributed by atoms with Gasteiger partial charge in [-0.2, -0.15) is 9.40 Å². The highest BCUT2D eigenvalue weighted by molar-refractivity contribution is 7.89. The van der Waals surface area contributed by atoms with E-state index in [4.69, 9.17) is 4.98 Å². The summed E-state index contributed by atoms with van der Waals surface area (Å²) in [6.07, 6.45) is 3.47. The van der Waals surface area contributed by atoms with Gasteiger partial charge in [0, 0.05) is 30.9 Å². The number of rotatable bonds is 13. The number of hydrogen-bond donors (Lipinski definition) is 0. The minimum absolute atomic E-state index is 0.209. The van der Waals surface area contributed by atoms with Gasteiger partial charge in [0.1, 0.15) is 0 Å². The first-order chi connectivity index (χ1) is 18.7. The van der Waals surface area contributed by atoms with Crippen molar-refractivity contribution in [2.75, 3.05) is 24.5 Å². The maximum atomic E-state index is 13.8. The Balaban J connectivity index is 1.61. The van der Waals surface area contributed by atoms with Crippen molar-refractivity contribution in [3.8, 4) is 0 Å². The third-order valence-electron chi connectivity index (χ3n) is 6.66. The maximum Gasteiger partial charge on any atom is 0.260 e. The Bertz CT molecular complexity index is 1470. The average molecular weight is 568 g/mol. The number of aromatic nitrogens is 3. The zero-order chi connectivity index (χ0) is 28.0. The van der Waals surface area contributed by atoms with E-state index in [9.17, 15) is 13.2 Å². The molecule has 4 rings (SSSR count). The van der Waals surface area contributed by atoms with E-state index in [-0.39, 0.29) is 10.8 Å². The fourth-order valence-corrected chi connectivity index (χ4v) is 6.96. The number of aryl methyl sites for hydroxylation is 2. The van der Waals surface area contributed by atoms with Crippen LogP contribution < -0.4 is 4.90 Å². The summed E-state index contributed by atoms with van der Waals surface area (Å²) in [6.45, 7) is 9.93. The lowest BCUT2D eigenvalue weighted by molar-refractivity contribution is 0.0985. The monoisotopic (exact) mass is 567 g/mol. The van der Waals surface area contributed by atoms with Gasteiger partial charge < -0.3 is 0 Å². The second kappa shape index (κ2) is 12.8. The Morgan fingerprint density at radius 3 is 2.21 bits per heavy atom. The number of fused-ring (bicyclic) bond motifs is 1. The van der Waals surface area contributed by atoms with Gasteiger partial charge in [0.2, 0.25) is 10.0 Å². The molecule has 0 aliphatic rings. The number of amides is 1. The molecule has 10 heteroatoms. The van der Waals surface area contributed by atoms with Crippen molar-refractivity contribution in [3.05, 3.63) is 71.5 Å². The highest BCUT2D eigenvalue weighted by Crippen LogP contribution is 2.30. The summed E-state index contributed by atoms with van der Waals surface area (Å²) in [5.74, 6) is -0.228. The Morgan fingerprint density at radius 1 is 0.949 bits per heavy atom. The summed E-state index contributed by atoms with van der Waals surface area (Å²) in [5.41, 5.74) is 3.20. The van der Waals surface area contributed by atoms with Crippen LogP contribution in [0.25, 0.3) is 10.2 Å². The summed E-state index contributed by atoms with van der Waals surface area (Å²) in [4.78, 5) is 20.4. The zero-order valence-electron chi connectivity index (χ0n) is 23.1. The number of thiazole rings is 1. The van der Waals surface area contributed by atoms with Crippen LogP contribution in [0.15, 0.2) is 59.5 Å². The van der Waals surface area contributed by atoms with Crippen molar-refractivity contribution in [2.45, 2.75) is 64.8 Å². The molecular formula is C29H37N5O3S2. The van der Waals surface area contributed by atoms with Gasteiger partial charge in [0.15, 0.2) is 5.13 Å². The molecule has 1 amide bonds. The van der Waals surface area contributed by atoms with Crippen LogP contribution in [0.2, 0.25) is 0 Å². The molecule has 0 aliphatic carbocycles. The van der Waals surface area contributed by atoms with Crippen molar-refractivity contribution in [1.82, 2.24) is 19.1 Å². The first-order valence-electron chi connectivity index (χ1n) is 13.5. The van der Waals surface area contributed by atoms with Crippen LogP contribution in [0.3, 0.4) is 0 Å². The third-order valence-corrected chi connectivity index (χ3v) is 9.63. The first-order valence-corrected chi connectivity index (χ1v) is 15.8. The van der Waals surface area contributed by atoms with E-state index in [1.165, 1.54) is 11.3 Å². The Hall–Kier alpha value is -3.08. The van der Waals surface area contributed by atoms with E-state index in [0.29, 0.717) is 36.9 Å². The van der Waals surface area contributed by atoms with Crippen molar-refractivity contribution in [3.63, 3.8) is 0 Å². The summed E-state index contributed by atoms with van der Waals surface area (Å²) < 4.78 is 31.2. The van der Waals surface area contributed by atoms with E-state index < -0.39 is 10.0 Å². The molecule has 8 nitrogen and oxygen atoms in total. The van der Waals surface area contributed by atoms with Crippen LogP contribution in [0.4, 0.5) is 5.13 Å². The fraction of sp³-hybridized carbons (Fsp3) is 0.414. The zero-order valence-corrected chi connectivity index (χ0v) is 24.8. The molecule has 0 radical (unpaired) electrons. The maximum absolute atomic E-state index is 13.8. The second-order valence-electron chi connectivity index (χ2n) is 9.71. The number of sulfonamides is 1. The number of benzene rings is 2. The molecule has 4 aromatic rings. The smallest absolute Gasteiger partial charge is 0.260 e. The Labute approximate surface area is 235 Å². The molecule has 0 aliphatic heterocycles. The van der Waals surface area contributed by atoms with Gasteiger partial charge >= 0.3 is 0 Å². The molecule has 2 aromatic heterocycles. The second-order valence-corrected chi connectivity index (χ2v) is 12.7. The van der Waals surface area contributed by atoms with E-state index in [2.05, 4.69) is 18.9 Å². The number of unbranched alkanes of at least 4 members (excludes halogenated alkanes) is 2. The Morgan fingerprint density at radius 2 is 1.62 bits per heavy atom. The van der Waals surface area contributed by atoms with Crippen molar-refractivity contribution >= 4 is 42.6 Å². The van der Waals surface area contributed by atoms with Gasteiger partial charge in [-0.1, -0.05) is 50.2 Å². The highest BCUT2D eigenvalue weighted by atomic mass is 32.2. The van der Waals surface area contributed by atoms with Gasteiger partial charge in [-0.05, 0) is 69.2 Å². The van der Waals surface area contributed by atoms with Crippen LogP contribution in [0, 0.1) is 13.8 Å². The molecule has 0 fully saturated rings. The molecule has 39 heavy (non-hydrogen) atoms. The number of carbonyl (C=O) groups is 1. The molecular weight excluding hydrogens is 530 g/mol. The van der Waals surface area contributed by atoms with Gasteiger partial charge in [-0.15, -0.1) is 0 Å². The van der Waals surface area contributed by atoms with Crippen LogP contribution in [0.5, 0.6) is 0 Å². The van der Waals surface area contributed by atoms with E-state index >= 15 is 0 Å². The minimum Gasteiger partial charge on any atom is -0.282 e. The number of nitrogens with zero attached hydrogens (tertiary/aromatic N) is 5. The van der Waals surface area contributed by atoms with Crippen molar-refractivity contribution in [1.29, 1.82) is 0 Å². The van der Waals surface area contributed by atoms with Gasteiger partial charge in [0.25, 0.3) is 5.91 Å². The molecule has 0 spiro atoms. The van der Waals surface area contributed by atoms with Crippen LogP contribution in [-0.2, 0) is 16.6 Å². The lowest BCUT2D eigenvalue weighted by Gasteiger charge is -2.23. The SMILES string of the molecule is CCCCN(CCCC)S(=O)(=O)c1ccc(C(=O)N(CCn2nc(C)cc2C)c2nc3ccccc3s2)cc1. The van der Waals surface area contributed by atoms with E-state index in [0.717, 1.165) is 47.3 Å². The molecule has 0 atom stereocenters. The van der Waals surface area contributed by atoms with Crippen LogP contribution in [0.1, 0.15) is 61.3 Å². The predicted octanol–water partition coefficient (Wildman–Crippen LogP) is 6.05. The summed E-state index contributed by atoms with van der Waals surface area (Å²) in [5, 5.41) is 5.14. The topological polar surface area (TPSA) is 88.4 Å². The fourth-order valence-electron chi connectivity index (χ4n) is 4.45. The molecule has 208 valence electrons. The number of carbonyl (C=O) groups excluding carboxylic acids is 1. The number of anilines is 1. The minimum atomic E-state index is -3.64. The van der Waals surface area contributed by atoms with E-state index in [1.807, 2.05) is 48.9 Å². The largest absolute Gasteiger partial charge is 0.282 e. The van der Waals surface area contributed by atoms with Gasteiger partial charge in [-0.25, -0.2) is 13.4 Å². The summed E-state index contributed by atoms with van der Waals surface area (Å²) >= 11 is 1.46. The van der Waals surface area contributed by atoms with Crippen molar-refractivity contribution in [2.24, 2.45) is 0 Å². The Kier molecular flexibility index (Phi) is 9.53. The third kappa shape index (κ3) is 6.74. The average Bonchev–Trinajstić information content (AvgIpc) is 3.50. The molecule has 0 saturated carbocycles. The predicted molar refractivity (Wildman–Crippen MR) is 158 cm³/mol. The molecule has 2 heterocycles. The molecule has 0 unspecified atom stereocenters. The quantitative estimate of drug-likeness (QED) is 0.196. The van der Waals surface area contributed by atoms with Crippen molar-refractivity contribution < 1.29 is 13.2 Å². The number of para-hydroxylation sites is 1. The molecule has 2 aromatic carbocycles. The lowest BCUT2D eigenvalue weighted by Crippen LogP contribution is -2.34. The molecule has 0 saturated heterocycles. The summed E-state index contributed by atoms with van der Waals surface area (Å²) in [6, 6.07) is 16.1. The number of hydrogen-bond acceptors (Lipinski definition) is 6. The lowest BCUT2D eigenvalue weighted by atomic mass is 10.2. The normalized spacial score (nSPS) is 11.9. The highest BCUT2D eigenvalue weighted by Gasteiger charge is 2.26. The van der Waals surface area contributed by atoms with Gasteiger partial charge in [0.05, 0.1) is 27.4 Å². The van der Waals surface area contributed by atoms with Crippen LogP contribution in [-0.4, -0.2) is 53.0 Å². The standard InChI is InChI=1S/C29H37N5O3S2/c1-5-7-17-32(18-8-6-2)39(36,37)25-15-13-24(14-16-25)28(35)33(19-20-34-23(4)21-22(3)31-34)29-30-26-11-9-10-12-27(26)38-29/h9-16,21H,5-8,17-20H2,1-4H3. The molecule has 0 bridgehead atoms. The van der Waals surface area contributed by atoms with Crippen LogP contribution >= 0.6 is 11.3 Å². The summed E-state index contributed by atoms with van der Waals surface area (Å²) in [7, 11) is -3.64. The molecule has 0 N–H and O–H groups in total.